The highest BCUT2D eigenvalue weighted by molar-refractivity contribution is 6.05. The number of amides is 1. The van der Waals surface area contributed by atoms with Crippen molar-refractivity contribution >= 4 is 17.5 Å². The molecule has 0 bridgehead atoms. The second-order valence-electron chi connectivity index (χ2n) is 5.67. The molecule has 7 nitrogen and oxygen atoms in total. The summed E-state index contributed by atoms with van der Waals surface area (Å²) in [7, 11) is 0. The van der Waals surface area contributed by atoms with E-state index >= 15 is 0 Å². The molecule has 0 fully saturated rings. The van der Waals surface area contributed by atoms with E-state index in [1.807, 2.05) is 55.5 Å². The molecule has 0 unspecified atom stereocenters. The van der Waals surface area contributed by atoms with Crippen LogP contribution in [0.4, 0.5) is 11.6 Å². The molecule has 1 aliphatic rings. The number of nitrogens with one attached hydrogen (secondary N) is 2. The van der Waals surface area contributed by atoms with E-state index in [1.165, 1.54) is 6.33 Å². The first-order chi connectivity index (χ1) is 12.2. The van der Waals surface area contributed by atoms with Crippen molar-refractivity contribution in [2.24, 2.45) is 0 Å². The van der Waals surface area contributed by atoms with Gasteiger partial charge in [0, 0.05) is 17.6 Å². The monoisotopic (exact) mass is 332 g/mol. The fourth-order valence-corrected chi connectivity index (χ4v) is 2.92. The van der Waals surface area contributed by atoms with Crippen LogP contribution in [0.1, 0.15) is 18.7 Å². The van der Waals surface area contributed by atoms with Gasteiger partial charge in [-0.1, -0.05) is 24.3 Å². The van der Waals surface area contributed by atoms with Crippen LogP contribution in [0.3, 0.4) is 0 Å². The largest absolute Gasteiger partial charge is 0.328 e. The van der Waals surface area contributed by atoms with Gasteiger partial charge in [0.05, 0.1) is 11.3 Å². The summed E-state index contributed by atoms with van der Waals surface area (Å²) < 4.78 is 1.68. The Morgan fingerprint density at radius 2 is 1.92 bits per heavy atom. The smallest absolute Gasteiger partial charge is 0.255 e. The number of rotatable bonds is 3. The van der Waals surface area contributed by atoms with E-state index in [0.717, 1.165) is 17.1 Å². The van der Waals surface area contributed by atoms with Gasteiger partial charge in [-0.25, -0.2) is 4.68 Å². The van der Waals surface area contributed by atoms with Crippen LogP contribution < -0.4 is 10.6 Å². The second-order valence-corrected chi connectivity index (χ2v) is 5.67. The normalized spacial score (nSPS) is 16.1. The zero-order valence-electron chi connectivity index (χ0n) is 13.5. The number of allylic oxidation sites excluding steroid dienone is 1. The SMILES string of the molecule is CC1=C(C(=O)Nc2ccccc2)[C@H](c2ccccn2)n2ncnc2N1. The van der Waals surface area contributed by atoms with Gasteiger partial charge < -0.3 is 10.6 Å². The number of nitrogens with zero attached hydrogens (tertiary/aromatic N) is 4. The molecule has 7 heteroatoms. The molecule has 2 aromatic heterocycles. The third-order valence-corrected chi connectivity index (χ3v) is 4.04. The molecule has 4 rings (SSSR count). The Labute approximate surface area is 144 Å². The molecule has 0 aliphatic carbocycles. The quantitative estimate of drug-likeness (QED) is 0.770. The number of aromatic nitrogens is 4. The van der Waals surface area contributed by atoms with Gasteiger partial charge in [0.1, 0.15) is 12.4 Å². The molecule has 1 atom stereocenters. The first-order valence-electron chi connectivity index (χ1n) is 7.88. The summed E-state index contributed by atoms with van der Waals surface area (Å²) >= 11 is 0. The summed E-state index contributed by atoms with van der Waals surface area (Å²) in [6.07, 6.45) is 3.17. The van der Waals surface area contributed by atoms with Crippen molar-refractivity contribution in [3.8, 4) is 0 Å². The lowest BCUT2D eigenvalue weighted by atomic mass is 9.98. The van der Waals surface area contributed by atoms with Crippen LogP contribution in [-0.2, 0) is 4.79 Å². The van der Waals surface area contributed by atoms with Crippen molar-refractivity contribution < 1.29 is 4.79 Å². The van der Waals surface area contributed by atoms with Gasteiger partial charge in [0.15, 0.2) is 0 Å². The minimum Gasteiger partial charge on any atom is -0.328 e. The Morgan fingerprint density at radius 1 is 1.12 bits per heavy atom. The summed E-state index contributed by atoms with van der Waals surface area (Å²) in [6.45, 7) is 1.86. The molecule has 3 aromatic rings. The number of hydrogen-bond acceptors (Lipinski definition) is 5. The number of carbonyl (C=O) groups excluding carboxylic acids is 1. The lowest BCUT2D eigenvalue weighted by molar-refractivity contribution is -0.113. The standard InChI is InChI=1S/C18H16N6O/c1-12-15(17(25)23-13-7-3-2-4-8-13)16(14-9-5-6-10-19-14)24-18(22-12)20-11-21-24/h2-11,16H,1H3,(H,23,25)(H,20,21,22)/t16-/m0/s1. The van der Waals surface area contributed by atoms with E-state index in [1.54, 1.807) is 10.9 Å². The van der Waals surface area contributed by atoms with Gasteiger partial charge in [-0.2, -0.15) is 10.1 Å². The van der Waals surface area contributed by atoms with Crippen molar-refractivity contribution in [3.63, 3.8) is 0 Å². The number of fused-ring (bicyclic) bond motifs is 1. The van der Waals surface area contributed by atoms with Gasteiger partial charge in [0.25, 0.3) is 5.91 Å². The minimum absolute atomic E-state index is 0.201. The van der Waals surface area contributed by atoms with E-state index in [9.17, 15) is 4.79 Å². The van der Waals surface area contributed by atoms with Crippen LogP contribution in [0.5, 0.6) is 0 Å². The molecular formula is C18H16N6O. The van der Waals surface area contributed by atoms with Crippen LogP contribution >= 0.6 is 0 Å². The lowest BCUT2D eigenvalue weighted by Crippen LogP contribution is -2.32. The fraction of sp³-hybridized carbons (Fsp3) is 0.111. The number of pyridine rings is 1. The summed E-state index contributed by atoms with van der Waals surface area (Å²) in [5.41, 5.74) is 2.75. The first kappa shape index (κ1) is 15.1. The van der Waals surface area contributed by atoms with E-state index in [0.29, 0.717) is 11.5 Å². The van der Waals surface area contributed by atoms with Crippen molar-refractivity contribution in [1.29, 1.82) is 0 Å². The fourth-order valence-electron chi connectivity index (χ4n) is 2.92. The van der Waals surface area contributed by atoms with E-state index in [-0.39, 0.29) is 5.91 Å². The Kier molecular flexibility index (Phi) is 3.74. The zero-order chi connectivity index (χ0) is 17.2. The van der Waals surface area contributed by atoms with Gasteiger partial charge in [-0.15, -0.1) is 0 Å². The highest BCUT2D eigenvalue weighted by atomic mass is 16.1. The van der Waals surface area contributed by atoms with Crippen LogP contribution in [0.2, 0.25) is 0 Å². The maximum Gasteiger partial charge on any atom is 0.255 e. The van der Waals surface area contributed by atoms with Crippen LogP contribution in [-0.4, -0.2) is 25.7 Å². The summed E-state index contributed by atoms with van der Waals surface area (Å²) in [6, 6.07) is 14.5. The maximum atomic E-state index is 13.0. The number of hydrogen-bond donors (Lipinski definition) is 2. The molecule has 124 valence electrons. The highest BCUT2D eigenvalue weighted by Crippen LogP contribution is 2.34. The topological polar surface area (TPSA) is 84.7 Å². The Balaban J connectivity index is 1.77. The molecule has 1 aromatic carbocycles. The van der Waals surface area contributed by atoms with Crippen molar-refractivity contribution in [2.45, 2.75) is 13.0 Å². The van der Waals surface area contributed by atoms with Gasteiger partial charge >= 0.3 is 0 Å². The summed E-state index contributed by atoms with van der Waals surface area (Å²) in [5.74, 6) is 0.386. The third kappa shape index (κ3) is 2.76. The van der Waals surface area contributed by atoms with Crippen LogP contribution in [0.15, 0.2) is 72.3 Å². The summed E-state index contributed by atoms with van der Waals surface area (Å²) in [5, 5.41) is 10.4. The van der Waals surface area contributed by atoms with Gasteiger partial charge in [-0.3, -0.25) is 9.78 Å². The first-order valence-corrected chi connectivity index (χ1v) is 7.88. The molecule has 1 aliphatic heterocycles. The molecule has 0 radical (unpaired) electrons. The minimum atomic E-state index is -0.441. The molecule has 0 saturated heterocycles. The molecule has 25 heavy (non-hydrogen) atoms. The molecular weight excluding hydrogens is 316 g/mol. The average molecular weight is 332 g/mol. The van der Waals surface area contributed by atoms with Crippen molar-refractivity contribution in [1.82, 2.24) is 19.7 Å². The van der Waals surface area contributed by atoms with Gasteiger partial charge in [0.2, 0.25) is 5.95 Å². The Morgan fingerprint density at radius 3 is 2.68 bits per heavy atom. The van der Waals surface area contributed by atoms with Crippen molar-refractivity contribution in [3.05, 3.63) is 78.0 Å². The summed E-state index contributed by atoms with van der Waals surface area (Å²) in [4.78, 5) is 21.6. The third-order valence-electron chi connectivity index (χ3n) is 4.04. The predicted octanol–water partition coefficient (Wildman–Crippen LogP) is 2.60. The van der Waals surface area contributed by atoms with Crippen LogP contribution in [0, 0.1) is 0 Å². The molecule has 1 amide bonds. The number of para-hydroxylation sites is 1. The number of benzene rings is 1. The van der Waals surface area contributed by atoms with E-state index in [4.69, 9.17) is 0 Å². The van der Waals surface area contributed by atoms with Gasteiger partial charge in [-0.05, 0) is 31.2 Å². The number of anilines is 2. The second kappa shape index (κ2) is 6.20. The van der Waals surface area contributed by atoms with E-state index < -0.39 is 6.04 Å². The Bertz CT molecular complexity index is 932. The molecule has 0 saturated carbocycles. The average Bonchev–Trinajstić information content (AvgIpc) is 3.10. The lowest BCUT2D eigenvalue weighted by Gasteiger charge is -2.28. The Hall–Kier alpha value is -3.48. The van der Waals surface area contributed by atoms with E-state index in [2.05, 4.69) is 25.7 Å². The zero-order valence-corrected chi connectivity index (χ0v) is 13.5. The van der Waals surface area contributed by atoms with Crippen molar-refractivity contribution in [2.75, 3.05) is 10.6 Å². The number of carbonyl (C=O) groups is 1. The molecule has 0 spiro atoms. The molecule has 2 N–H and O–H groups in total. The maximum absolute atomic E-state index is 13.0. The predicted molar refractivity (Wildman–Crippen MR) is 93.8 cm³/mol. The van der Waals surface area contributed by atoms with Crippen LogP contribution in [0.25, 0.3) is 0 Å². The molecule has 3 heterocycles. The highest BCUT2D eigenvalue weighted by Gasteiger charge is 2.34.